The van der Waals surface area contributed by atoms with Crippen LogP contribution in [0.5, 0.6) is 17.2 Å². The summed E-state index contributed by atoms with van der Waals surface area (Å²) in [5.41, 5.74) is 2.42. The van der Waals surface area contributed by atoms with Gasteiger partial charge < -0.3 is 24.2 Å². The number of hydrogen-bond acceptors (Lipinski definition) is 7. The Morgan fingerprint density at radius 3 is 2.64 bits per heavy atom. The van der Waals surface area contributed by atoms with E-state index in [2.05, 4.69) is 4.90 Å². The summed E-state index contributed by atoms with van der Waals surface area (Å²) < 4.78 is 16.5. The molecular weight excluding hydrogens is 424 g/mol. The number of phenolic OH excluding ortho intramolecular Hbond substituents is 1. The summed E-state index contributed by atoms with van der Waals surface area (Å²) in [6.45, 7) is 6.63. The summed E-state index contributed by atoms with van der Waals surface area (Å²) >= 11 is 0. The second kappa shape index (κ2) is 9.54. The first kappa shape index (κ1) is 22.7. The lowest BCUT2D eigenvalue weighted by Gasteiger charge is -2.34. The number of fused-ring (bicyclic) bond motifs is 1. The van der Waals surface area contributed by atoms with E-state index in [0.29, 0.717) is 67.5 Å². The van der Waals surface area contributed by atoms with Crippen LogP contribution in [0.2, 0.25) is 0 Å². The van der Waals surface area contributed by atoms with Crippen molar-refractivity contribution in [3.05, 3.63) is 58.3 Å². The lowest BCUT2D eigenvalue weighted by Crippen LogP contribution is -2.48. The molecule has 0 bridgehead atoms. The fourth-order valence-electron chi connectivity index (χ4n) is 4.19. The van der Waals surface area contributed by atoms with Crippen LogP contribution < -0.4 is 9.47 Å². The van der Waals surface area contributed by atoms with Gasteiger partial charge in [0, 0.05) is 38.3 Å². The van der Waals surface area contributed by atoms with Crippen molar-refractivity contribution in [1.82, 2.24) is 9.80 Å². The number of carbonyl (C=O) groups is 2. The van der Waals surface area contributed by atoms with Gasteiger partial charge in [0.1, 0.15) is 17.2 Å². The van der Waals surface area contributed by atoms with E-state index in [1.807, 2.05) is 24.3 Å². The van der Waals surface area contributed by atoms with Gasteiger partial charge in [0.2, 0.25) is 5.78 Å². The summed E-state index contributed by atoms with van der Waals surface area (Å²) in [4.78, 5) is 28.9. The second-order valence-corrected chi connectivity index (χ2v) is 8.04. The predicted molar refractivity (Wildman–Crippen MR) is 123 cm³/mol. The van der Waals surface area contributed by atoms with Crippen LogP contribution >= 0.6 is 0 Å². The average molecular weight is 453 g/mol. The number of allylic oxidation sites excluding steroid dienone is 1. The number of ketones is 1. The summed E-state index contributed by atoms with van der Waals surface area (Å²) in [5, 5.41) is 10.7. The molecule has 1 N–H and O–H groups in total. The third kappa shape index (κ3) is 4.52. The SMILES string of the molecule is CCOC(=O)N1CCN(Cc2c(O)cc(C)c3c2O/C(=C/c2ccccc2OC)C3=O)CC1. The minimum Gasteiger partial charge on any atom is -0.507 e. The number of nitrogens with zero attached hydrogens (tertiary/aromatic N) is 2. The van der Waals surface area contributed by atoms with Gasteiger partial charge in [0.15, 0.2) is 5.76 Å². The second-order valence-electron chi connectivity index (χ2n) is 8.04. The van der Waals surface area contributed by atoms with E-state index in [4.69, 9.17) is 14.2 Å². The van der Waals surface area contributed by atoms with E-state index in [-0.39, 0.29) is 23.4 Å². The quantitative estimate of drug-likeness (QED) is 0.694. The Kier molecular flexibility index (Phi) is 6.55. The number of amides is 1. The van der Waals surface area contributed by atoms with Gasteiger partial charge in [-0.05, 0) is 37.6 Å². The van der Waals surface area contributed by atoms with Crippen molar-refractivity contribution in [3.8, 4) is 17.2 Å². The summed E-state index contributed by atoms with van der Waals surface area (Å²) in [7, 11) is 1.57. The van der Waals surface area contributed by atoms with Crippen LogP contribution in [-0.2, 0) is 11.3 Å². The number of Topliss-reactive ketones (excluding diaryl/α,β-unsaturated/α-hetero) is 1. The maximum Gasteiger partial charge on any atom is 0.409 e. The van der Waals surface area contributed by atoms with Gasteiger partial charge >= 0.3 is 6.09 Å². The molecule has 1 amide bonds. The zero-order valence-corrected chi connectivity index (χ0v) is 19.1. The smallest absolute Gasteiger partial charge is 0.409 e. The molecule has 0 radical (unpaired) electrons. The highest BCUT2D eigenvalue weighted by molar-refractivity contribution is 6.16. The molecule has 0 atom stereocenters. The highest BCUT2D eigenvalue weighted by Crippen LogP contribution is 2.42. The maximum atomic E-state index is 13.2. The van der Waals surface area contributed by atoms with Gasteiger partial charge in [-0.15, -0.1) is 0 Å². The molecule has 0 spiro atoms. The third-order valence-electron chi connectivity index (χ3n) is 5.93. The zero-order chi connectivity index (χ0) is 23.5. The van der Waals surface area contributed by atoms with Crippen molar-refractivity contribution < 1.29 is 28.9 Å². The predicted octanol–water partition coefficient (Wildman–Crippen LogP) is 3.60. The van der Waals surface area contributed by atoms with Gasteiger partial charge in [-0.3, -0.25) is 9.69 Å². The standard InChI is InChI=1S/C25H28N2O6/c1-4-32-25(30)27-11-9-26(10-12-27)15-18-19(28)13-16(2)22-23(29)21(33-24(18)22)14-17-7-5-6-8-20(17)31-3/h5-8,13-14,28H,4,9-12,15H2,1-3H3/b21-14+. The largest absolute Gasteiger partial charge is 0.507 e. The Morgan fingerprint density at radius 1 is 1.21 bits per heavy atom. The molecule has 0 saturated carbocycles. The number of ether oxygens (including phenoxy) is 3. The molecular formula is C25H28N2O6. The van der Waals surface area contributed by atoms with Crippen LogP contribution in [0.3, 0.4) is 0 Å². The topological polar surface area (TPSA) is 88.5 Å². The van der Waals surface area contributed by atoms with Crippen molar-refractivity contribution in [2.24, 2.45) is 0 Å². The molecule has 2 aromatic rings. The normalized spacial score (nSPS) is 17.1. The van der Waals surface area contributed by atoms with Crippen LogP contribution in [0.25, 0.3) is 6.08 Å². The van der Waals surface area contributed by atoms with Crippen molar-refractivity contribution in [2.75, 3.05) is 39.9 Å². The Balaban J connectivity index is 1.57. The number of rotatable bonds is 5. The fraction of sp³-hybridized carbons (Fsp3) is 0.360. The fourth-order valence-corrected chi connectivity index (χ4v) is 4.19. The van der Waals surface area contributed by atoms with Crippen molar-refractivity contribution in [1.29, 1.82) is 0 Å². The molecule has 4 rings (SSSR count). The molecule has 1 saturated heterocycles. The van der Waals surface area contributed by atoms with Crippen molar-refractivity contribution in [3.63, 3.8) is 0 Å². The maximum absolute atomic E-state index is 13.2. The number of aryl methyl sites for hydroxylation is 1. The summed E-state index contributed by atoms with van der Waals surface area (Å²) in [5.74, 6) is 1.09. The number of carbonyl (C=O) groups excluding carboxylic acids is 2. The van der Waals surface area contributed by atoms with Crippen LogP contribution in [0.4, 0.5) is 4.79 Å². The van der Waals surface area contributed by atoms with Crippen molar-refractivity contribution >= 4 is 18.0 Å². The molecule has 33 heavy (non-hydrogen) atoms. The Hall–Kier alpha value is -3.52. The Bertz CT molecular complexity index is 1100. The molecule has 2 aromatic carbocycles. The van der Waals surface area contributed by atoms with Crippen LogP contribution in [0.1, 0.15) is 34.0 Å². The first-order valence-corrected chi connectivity index (χ1v) is 11.0. The van der Waals surface area contributed by atoms with Crippen LogP contribution in [0, 0.1) is 6.92 Å². The number of methoxy groups -OCH3 is 1. The first-order chi connectivity index (χ1) is 15.9. The number of aromatic hydroxyl groups is 1. The minimum atomic E-state index is -0.309. The van der Waals surface area contributed by atoms with Crippen LogP contribution in [0.15, 0.2) is 36.1 Å². The van der Waals surface area contributed by atoms with Gasteiger partial charge in [0.05, 0.1) is 24.8 Å². The molecule has 174 valence electrons. The number of hydrogen-bond donors (Lipinski definition) is 1. The molecule has 0 aliphatic carbocycles. The van der Waals surface area contributed by atoms with E-state index in [0.717, 1.165) is 5.56 Å². The Labute approximate surface area is 193 Å². The molecule has 1 fully saturated rings. The Morgan fingerprint density at radius 2 is 1.94 bits per heavy atom. The average Bonchev–Trinajstić information content (AvgIpc) is 3.13. The number of para-hydroxylation sites is 1. The molecule has 0 aromatic heterocycles. The molecule has 2 aliphatic rings. The monoisotopic (exact) mass is 452 g/mol. The van der Waals surface area contributed by atoms with Gasteiger partial charge in [-0.1, -0.05) is 18.2 Å². The highest BCUT2D eigenvalue weighted by atomic mass is 16.6. The zero-order valence-electron chi connectivity index (χ0n) is 19.1. The van der Waals surface area contributed by atoms with E-state index in [1.54, 1.807) is 38.0 Å². The van der Waals surface area contributed by atoms with E-state index < -0.39 is 0 Å². The number of benzene rings is 2. The third-order valence-corrected chi connectivity index (χ3v) is 5.93. The summed E-state index contributed by atoms with van der Waals surface area (Å²) in [6.07, 6.45) is 1.36. The van der Waals surface area contributed by atoms with Crippen LogP contribution in [-0.4, -0.2) is 66.7 Å². The number of piperazine rings is 1. The van der Waals surface area contributed by atoms with E-state index >= 15 is 0 Å². The number of phenols is 1. The molecule has 0 unspecified atom stereocenters. The molecule has 2 heterocycles. The van der Waals surface area contributed by atoms with Gasteiger partial charge in [-0.2, -0.15) is 0 Å². The van der Waals surface area contributed by atoms with Crippen molar-refractivity contribution in [2.45, 2.75) is 20.4 Å². The first-order valence-electron chi connectivity index (χ1n) is 11.0. The lowest BCUT2D eigenvalue weighted by atomic mass is 9.99. The molecule has 2 aliphatic heterocycles. The summed E-state index contributed by atoms with van der Waals surface area (Å²) in [6, 6.07) is 8.99. The minimum absolute atomic E-state index is 0.0883. The van der Waals surface area contributed by atoms with Gasteiger partial charge in [-0.25, -0.2) is 4.79 Å². The highest BCUT2D eigenvalue weighted by Gasteiger charge is 2.34. The molecule has 8 nitrogen and oxygen atoms in total. The molecule has 8 heteroatoms. The van der Waals surface area contributed by atoms with E-state index in [9.17, 15) is 14.7 Å². The van der Waals surface area contributed by atoms with E-state index in [1.165, 1.54) is 0 Å². The van der Waals surface area contributed by atoms with Gasteiger partial charge in [0.25, 0.3) is 0 Å². The lowest BCUT2D eigenvalue weighted by molar-refractivity contribution is 0.0774.